The van der Waals surface area contributed by atoms with Crippen LogP contribution in [0.5, 0.6) is 0 Å². The second-order valence-electron chi connectivity index (χ2n) is 9.22. The van der Waals surface area contributed by atoms with Crippen LogP contribution < -0.4 is 10.2 Å². The predicted octanol–water partition coefficient (Wildman–Crippen LogP) is 5.21. The van der Waals surface area contributed by atoms with Gasteiger partial charge in [-0.1, -0.05) is 50.8 Å². The molecule has 1 aliphatic heterocycles. The maximum Gasteiger partial charge on any atom is 0.324 e. The molecule has 0 bridgehead atoms. The van der Waals surface area contributed by atoms with E-state index in [4.69, 9.17) is 4.98 Å². The Morgan fingerprint density at radius 2 is 1.89 bits per heavy atom. The monoisotopic (exact) mass is 514 g/mol. The van der Waals surface area contributed by atoms with E-state index in [1.807, 2.05) is 24.3 Å². The van der Waals surface area contributed by atoms with Gasteiger partial charge in [0.25, 0.3) is 5.91 Å². The van der Waals surface area contributed by atoms with Crippen LogP contribution in [0.3, 0.4) is 0 Å². The molecule has 0 saturated carbocycles. The van der Waals surface area contributed by atoms with Crippen molar-refractivity contribution in [3.63, 3.8) is 0 Å². The minimum Gasteiger partial charge on any atom is -0.305 e. The molecule has 1 aliphatic rings. The molecule has 12 heteroatoms. The lowest BCUT2D eigenvalue weighted by molar-refractivity contribution is -0.380. The van der Waals surface area contributed by atoms with Crippen molar-refractivity contribution >= 4 is 51.3 Å². The highest BCUT2D eigenvalue weighted by molar-refractivity contribution is 7.17. The molecule has 0 aliphatic carbocycles. The fraction of sp³-hybridized carbons (Fsp3) is 0.160. The van der Waals surface area contributed by atoms with Crippen LogP contribution in [0.25, 0.3) is 16.7 Å². The third-order valence-electron chi connectivity index (χ3n) is 5.66. The average Bonchev–Trinajstić information content (AvgIpc) is 3.52. The van der Waals surface area contributed by atoms with Gasteiger partial charge in [-0.05, 0) is 35.3 Å². The Bertz CT molecular complexity index is 1610. The van der Waals surface area contributed by atoms with Crippen molar-refractivity contribution in [3.8, 4) is 5.69 Å². The SMILES string of the molecule is C=C1N=CC=CN1c1nc(NC(=O)c2ccc([N+](=O)[O-])s2)c2cnn(-c3ccc(C(C)(C)C)cc3)c2n1. The van der Waals surface area contributed by atoms with Crippen molar-refractivity contribution in [2.75, 3.05) is 10.2 Å². The highest BCUT2D eigenvalue weighted by atomic mass is 32.1. The molecule has 4 heterocycles. The minimum absolute atomic E-state index is 0.00412. The third-order valence-corrected chi connectivity index (χ3v) is 6.70. The summed E-state index contributed by atoms with van der Waals surface area (Å²) in [6, 6.07) is 10.7. The van der Waals surface area contributed by atoms with Crippen molar-refractivity contribution in [3.05, 3.63) is 87.8 Å². The molecule has 4 aromatic rings. The fourth-order valence-corrected chi connectivity index (χ4v) is 4.41. The molecule has 5 rings (SSSR count). The number of anilines is 2. The first-order valence-electron chi connectivity index (χ1n) is 11.2. The van der Waals surface area contributed by atoms with Gasteiger partial charge in [0.15, 0.2) is 5.65 Å². The first kappa shape index (κ1) is 24.0. The average molecular weight is 515 g/mol. The standard InChI is InChI=1S/C25H22N8O3S/c1-15-26-12-5-13-31(15)24-29-21(28-23(34)19-10-11-20(37-19)33(35)36)18-14-27-32(22(18)30-24)17-8-6-16(7-9-17)25(2,3)4/h5-14H,1H2,2-4H3,(H,28,29,30,34). The lowest BCUT2D eigenvalue weighted by Gasteiger charge is -2.20. The quantitative estimate of drug-likeness (QED) is 0.286. The Balaban J connectivity index is 1.60. The van der Waals surface area contributed by atoms with E-state index in [1.165, 1.54) is 17.7 Å². The van der Waals surface area contributed by atoms with Crippen molar-refractivity contribution in [1.29, 1.82) is 0 Å². The second kappa shape index (κ2) is 9.06. The van der Waals surface area contributed by atoms with Crippen molar-refractivity contribution < 1.29 is 9.72 Å². The van der Waals surface area contributed by atoms with Gasteiger partial charge in [0.2, 0.25) is 5.95 Å². The van der Waals surface area contributed by atoms with Crippen LogP contribution >= 0.6 is 11.3 Å². The van der Waals surface area contributed by atoms with Crippen molar-refractivity contribution in [2.45, 2.75) is 26.2 Å². The molecular weight excluding hydrogens is 492 g/mol. The zero-order valence-electron chi connectivity index (χ0n) is 20.2. The van der Waals surface area contributed by atoms with Gasteiger partial charge >= 0.3 is 5.00 Å². The molecule has 1 amide bonds. The van der Waals surface area contributed by atoms with Crippen LogP contribution in [0.4, 0.5) is 16.8 Å². The molecule has 11 nitrogen and oxygen atoms in total. The molecule has 0 saturated heterocycles. The van der Waals surface area contributed by atoms with Gasteiger partial charge in [0.1, 0.15) is 11.6 Å². The summed E-state index contributed by atoms with van der Waals surface area (Å²) < 4.78 is 1.66. The fourth-order valence-electron chi connectivity index (χ4n) is 3.69. The summed E-state index contributed by atoms with van der Waals surface area (Å²) in [6.45, 7) is 10.4. The predicted molar refractivity (Wildman–Crippen MR) is 144 cm³/mol. The Kier molecular flexibility index (Phi) is 5.88. The lowest BCUT2D eigenvalue weighted by Crippen LogP contribution is -2.20. The Hall–Kier alpha value is -4.71. The van der Waals surface area contributed by atoms with E-state index in [-0.39, 0.29) is 27.1 Å². The van der Waals surface area contributed by atoms with Crippen molar-refractivity contribution in [2.24, 2.45) is 4.99 Å². The van der Waals surface area contributed by atoms with Crippen LogP contribution in [-0.2, 0) is 5.41 Å². The normalized spacial score (nSPS) is 13.4. The van der Waals surface area contributed by atoms with E-state index in [1.54, 1.807) is 34.3 Å². The van der Waals surface area contributed by atoms with Crippen LogP contribution in [0.2, 0.25) is 0 Å². The van der Waals surface area contributed by atoms with Crippen LogP contribution in [0, 0.1) is 10.1 Å². The minimum atomic E-state index is -0.535. The van der Waals surface area contributed by atoms with Gasteiger partial charge in [0.05, 0.1) is 27.1 Å². The molecule has 0 atom stereocenters. The summed E-state index contributed by atoms with van der Waals surface area (Å²) in [5.74, 6) is 0.298. The van der Waals surface area contributed by atoms with Gasteiger partial charge in [-0.3, -0.25) is 19.8 Å². The van der Waals surface area contributed by atoms with Crippen molar-refractivity contribution in [1.82, 2.24) is 19.7 Å². The summed E-state index contributed by atoms with van der Waals surface area (Å²) in [5.41, 5.74) is 2.41. The van der Waals surface area contributed by atoms with Crippen LogP contribution in [0.15, 0.2) is 72.3 Å². The summed E-state index contributed by atoms with van der Waals surface area (Å²) in [7, 11) is 0. The maximum atomic E-state index is 13.0. The largest absolute Gasteiger partial charge is 0.324 e. The molecule has 186 valence electrons. The summed E-state index contributed by atoms with van der Waals surface area (Å²) in [6.07, 6.45) is 6.60. The number of aromatic nitrogens is 4. The second-order valence-corrected chi connectivity index (χ2v) is 10.3. The number of thiophene rings is 1. The number of fused-ring (bicyclic) bond motifs is 1. The smallest absolute Gasteiger partial charge is 0.305 e. The first-order valence-corrected chi connectivity index (χ1v) is 12.0. The number of nitrogens with zero attached hydrogens (tertiary/aromatic N) is 7. The molecule has 0 radical (unpaired) electrons. The van der Waals surface area contributed by atoms with E-state index in [9.17, 15) is 14.9 Å². The third kappa shape index (κ3) is 4.61. The number of carbonyl (C=O) groups is 1. The van der Waals surface area contributed by atoms with E-state index < -0.39 is 10.8 Å². The van der Waals surface area contributed by atoms with E-state index in [0.717, 1.165) is 17.0 Å². The number of amides is 1. The number of rotatable bonds is 5. The molecule has 0 unspecified atom stereocenters. The van der Waals surface area contributed by atoms with Gasteiger partial charge < -0.3 is 5.32 Å². The number of allylic oxidation sites excluding steroid dienone is 1. The highest BCUT2D eigenvalue weighted by Gasteiger charge is 2.22. The van der Waals surface area contributed by atoms with E-state index >= 15 is 0 Å². The zero-order valence-corrected chi connectivity index (χ0v) is 21.1. The number of hydrogen-bond donors (Lipinski definition) is 1. The summed E-state index contributed by atoms with van der Waals surface area (Å²) >= 11 is 0.781. The zero-order chi connectivity index (χ0) is 26.3. The highest BCUT2D eigenvalue weighted by Crippen LogP contribution is 2.30. The number of benzene rings is 1. The Labute approximate surface area is 215 Å². The van der Waals surface area contributed by atoms with E-state index in [0.29, 0.717) is 16.9 Å². The van der Waals surface area contributed by atoms with E-state index in [2.05, 4.69) is 47.7 Å². The number of hydrogen-bond acceptors (Lipinski definition) is 9. The Morgan fingerprint density at radius 1 is 1.14 bits per heavy atom. The molecule has 1 aromatic carbocycles. The van der Waals surface area contributed by atoms with Gasteiger partial charge in [-0.15, -0.1) is 0 Å². The molecule has 1 N–H and O–H groups in total. The lowest BCUT2D eigenvalue weighted by atomic mass is 9.87. The van der Waals surface area contributed by atoms with Crippen LogP contribution in [-0.4, -0.2) is 36.8 Å². The summed E-state index contributed by atoms with van der Waals surface area (Å²) in [4.78, 5) is 38.7. The van der Waals surface area contributed by atoms with Gasteiger partial charge in [-0.25, -0.2) is 9.67 Å². The number of aliphatic imine (C=N–C) groups is 1. The molecule has 0 fully saturated rings. The van der Waals surface area contributed by atoms with Gasteiger partial charge in [0, 0.05) is 18.5 Å². The molecule has 37 heavy (non-hydrogen) atoms. The number of nitro groups is 1. The first-order chi connectivity index (χ1) is 17.6. The Morgan fingerprint density at radius 3 is 2.54 bits per heavy atom. The van der Waals surface area contributed by atoms with Gasteiger partial charge in [-0.2, -0.15) is 15.1 Å². The topological polar surface area (TPSA) is 131 Å². The molecule has 3 aromatic heterocycles. The maximum absolute atomic E-state index is 13.0. The molecule has 0 spiro atoms. The number of nitrogens with one attached hydrogen (secondary N) is 1. The molecular formula is C25H22N8O3S. The van der Waals surface area contributed by atoms with Crippen LogP contribution in [0.1, 0.15) is 36.0 Å². The summed E-state index contributed by atoms with van der Waals surface area (Å²) in [5, 5.41) is 18.7. The number of carbonyl (C=O) groups excluding carboxylic acids is 1.